The van der Waals surface area contributed by atoms with Crippen molar-refractivity contribution in [3.63, 3.8) is 0 Å². The monoisotopic (exact) mass is 383 g/mol. The van der Waals surface area contributed by atoms with Crippen LogP contribution in [0.4, 0.5) is 0 Å². The van der Waals surface area contributed by atoms with Gasteiger partial charge >= 0.3 is 11.9 Å². The van der Waals surface area contributed by atoms with Gasteiger partial charge in [0.25, 0.3) is 0 Å². The zero-order chi connectivity index (χ0) is 17.0. The Bertz CT molecular complexity index is 731. The van der Waals surface area contributed by atoms with E-state index in [1.54, 1.807) is 25.1 Å². The Morgan fingerprint density at radius 3 is 2.74 bits per heavy atom. The third-order valence-corrected chi connectivity index (χ3v) is 3.49. The maximum atomic E-state index is 11.8. The smallest absolute Gasteiger partial charge is 0.361 e. The van der Waals surface area contributed by atoms with Crippen molar-refractivity contribution in [2.75, 3.05) is 6.61 Å². The molecule has 0 aliphatic heterocycles. The summed E-state index contributed by atoms with van der Waals surface area (Å²) in [6, 6.07) is 4.89. The Kier molecular flexibility index (Phi) is 5.32. The molecule has 0 saturated heterocycles. The number of aromatic amines is 1. The van der Waals surface area contributed by atoms with Crippen molar-refractivity contribution in [3.8, 4) is 17.0 Å². The number of carbonyl (C=O) groups is 2. The lowest BCUT2D eigenvalue weighted by Gasteiger charge is -2.12. The zero-order valence-corrected chi connectivity index (χ0v) is 14.0. The maximum Gasteiger partial charge on any atom is 0.361 e. The normalized spacial score (nSPS) is 11.8. The highest BCUT2D eigenvalue weighted by molar-refractivity contribution is 9.10. The first-order chi connectivity index (χ1) is 10.9. The van der Waals surface area contributed by atoms with Gasteiger partial charge < -0.3 is 14.6 Å². The molecular formula is C14H14BrN3O5. The fourth-order valence-corrected chi connectivity index (χ4v) is 2.23. The number of carbonyl (C=O) groups excluding carboxylic acids is 1. The molecule has 1 atom stereocenters. The summed E-state index contributed by atoms with van der Waals surface area (Å²) in [6.07, 6.45) is -0.987. The van der Waals surface area contributed by atoms with Gasteiger partial charge in [0.2, 0.25) is 0 Å². The number of ether oxygens (including phenoxy) is 2. The fraction of sp³-hybridized carbons (Fsp3) is 0.286. The first-order valence-electron chi connectivity index (χ1n) is 6.71. The highest BCUT2D eigenvalue weighted by Crippen LogP contribution is 2.31. The molecule has 1 unspecified atom stereocenters. The van der Waals surface area contributed by atoms with Gasteiger partial charge in [-0.05, 0) is 48.0 Å². The number of nitrogens with zero attached hydrogens (tertiary/aromatic N) is 2. The fourth-order valence-electron chi connectivity index (χ4n) is 1.76. The second-order valence-electron chi connectivity index (χ2n) is 4.48. The summed E-state index contributed by atoms with van der Waals surface area (Å²) in [5.74, 6) is -1.28. The molecule has 0 fully saturated rings. The molecule has 1 aromatic carbocycles. The number of nitrogens with one attached hydrogen (secondary N) is 1. The van der Waals surface area contributed by atoms with Gasteiger partial charge in [0, 0.05) is 5.56 Å². The van der Waals surface area contributed by atoms with Crippen molar-refractivity contribution in [2.45, 2.75) is 20.0 Å². The van der Waals surface area contributed by atoms with Crippen molar-refractivity contribution in [1.29, 1.82) is 0 Å². The molecule has 1 heterocycles. The quantitative estimate of drug-likeness (QED) is 0.735. The van der Waals surface area contributed by atoms with Crippen LogP contribution < -0.4 is 4.74 Å². The van der Waals surface area contributed by atoms with E-state index in [1.807, 2.05) is 0 Å². The number of hydrogen-bond donors (Lipinski definition) is 2. The van der Waals surface area contributed by atoms with Gasteiger partial charge in [-0.2, -0.15) is 10.3 Å². The molecule has 9 heteroatoms. The number of rotatable bonds is 6. The summed E-state index contributed by atoms with van der Waals surface area (Å²) in [4.78, 5) is 22.7. The Hall–Kier alpha value is -2.42. The van der Waals surface area contributed by atoms with Crippen molar-refractivity contribution in [1.82, 2.24) is 15.4 Å². The molecular weight excluding hydrogens is 370 g/mol. The number of H-pyrrole nitrogens is 1. The molecule has 0 amide bonds. The summed E-state index contributed by atoms with van der Waals surface area (Å²) in [5, 5.41) is 19.0. The van der Waals surface area contributed by atoms with E-state index in [2.05, 4.69) is 31.3 Å². The van der Waals surface area contributed by atoms with Gasteiger partial charge in [0.05, 0.1) is 11.1 Å². The molecule has 2 aromatic rings. The van der Waals surface area contributed by atoms with Crippen molar-refractivity contribution in [2.24, 2.45) is 0 Å². The molecule has 0 radical (unpaired) electrons. The SMILES string of the molecule is CCOC(=O)c1n[nH]nc1-c1ccc(OC(C)C(=O)O)c(Br)c1. The lowest BCUT2D eigenvalue weighted by Crippen LogP contribution is -2.23. The number of carboxylic acid groups (broad SMARTS) is 1. The third kappa shape index (κ3) is 3.86. The molecule has 2 N–H and O–H groups in total. The van der Waals surface area contributed by atoms with Gasteiger partial charge in [0.15, 0.2) is 11.8 Å². The first-order valence-corrected chi connectivity index (χ1v) is 7.50. The average Bonchev–Trinajstić information content (AvgIpc) is 2.99. The van der Waals surface area contributed by atoms with E-state index in [9.17, 15) is 9.59 Å². The average molecular weight is 384 g/mol. The highest BCUT2D eigenvalue weighted by atomic mass is 79.9. The lowest BCUT2D eigenvalue weighted by molar-refractivity contribution is -0.144. The van der Waals surface area contributed by atoms with Crippen molar-refractivity contribution < 1.29 is 24.2 Å². The molecule has 23 heavy (non-hydrogen) atoms. The second kappa shape index (κ2) is 7.23. The number of carboxylic acids is 1. The second-order valence-corrected chi connectivity index (χ2v) is 5.34. The van der Waals surface area contributed by atoms with Crippen molar-refractivity contribution in [3.05, 3.63) is 28.4 Å². The number of halogens is 1. The van der Waals surface area contributed by atoms with Gasteiger partial charge in [-0.3, -0.25) is 0 Å². The van der Waals surface area contributed by atoms with Crippen LogP contribution in [-0.4, -0.2) is 45.2 Å². The van der Waals surface area contributed by atoms with E-state index in [0.717, 1.165) is 0 Å². The van der Waals surface area contributed by atoms with E-state index < -0.39 is 18.0 Å². The van der Waals surface area contributed by atoms with E-state index in [4.69, 9.17) is 14.6 Å². The van der Waals surface area contributed by atoms with E-state index in [0.29, 0.717) is 21.5 Å². The van der Waals surface area contributed by atoms with Crippen LogP contribution in [0.3, 0.4) is 0 Å². The predicted molar refractivity (Wildman–Crippen MR) is 83.2 cm³/mol. The Morgan fingerprint density at radius 2 is 2.13 bits per heavy atom. The molecule has 0 saturated carbocycles. The molecule has 0 aliphatic rings. The van der Waals surface area contributed by atoms with Gasteiger partial charge in [-0.1, -0.05) is 0 Å². The Labute approximate surface area is 139 Å². The number of benzene rings is 1. The molecule has 122 valence electrons. The molecule has 0 spiro atoms. The van der Waals surface area contributed by atoms with Crippen LogP contribution in [0, 0.1) is 0 Å². The minimum absolute atomic E-state index is 0.0753. The van der Waals surface area contributed by atoms with Crippen LogP contribution in [0.15, 0.2) is 22.7 Å². The number of hydrogen-bond acceptors (Lipinski definition) is 6. The Morgan fingerprint density at radius 1 is 1.39 bits per heavy atom. The molecule has 0 bridgehead atoms. The number of aromatic nitrogens is 3. The number of aliphatic carboxylic acids is 1. The van der Waals surface area contributed by atoms with Crippen LogP contribution in [-0.2, 0) is 9.53 Å². The minimum atomic E-state index is -1.07. The van der Waals surface area contributed by atoms with Crippen LogP contribution in [0.25, 0.3) is 11.3 Å². The third-order valence-electron chi connectivity index (χ3n) is 2.87. The van der Waals surface area contributed by atoms with Gasteiger partial charge in [0.1, 0.15) is 11.4 Å². The molecule has 2 rings (SSSR count). The molecule has 8 nitrogen and oxygen atoms in total. The summed E-state index contributed by atoms with van der Waals surface area (Å²) in [6.45, 7) is 3.36. The summed E-state index contributed by atoms with van der Waals surface area (Å²) < 4.78 is 10.8. The largest absolute Gasteiger partial charge is 0.479 e. The highest BCUT2D eigenvalue weighted by Gasteiger charge is 2.20. The zero-order valence-electron chi connectivity index (χ0n) is 12.4. The summed E-state index contributed by atoms with van der Waals surface area (Å²) >= 11 is 3.31. The molecule has 0 aliphatic carbocycles. The molecule has 1 aromatic heterocycles. The minimum Gasteiger partial charge on any atom is -0.479 e. The standard InChI is InChI=1S/C14H14BrN3O5/c1-3-22-14(21)12-11(16-18-17-12)8-4-5-10(9(15)6-8)23-7(2)13(19)20/h4-7H,3H2,1-2H3,(H,19,20)(H,16,17,18). The van der Waals surface area contributed by atoms with Crippen LogP contribution in [0.2, 0.25) is 0 Å². The van der Waals surface area contributed by atoms with E-state index in [1.165, 1.54) is 6.92 Å². The lowest BCUT2D eigenvalue weighted by atomic mass is 10.1. The summed E-state index contributed by atoms with van der Waals surface area (Å²) in [7, 11) is 0. The first kappa shape index (κ1) is 16.9. The van der Waals surface area contributed by atoms with Crippen LogP contribution in [0.1, 0.15) is 24.3 Å². The summed E-state index contributed by atoms with van der Waals surface area (Å²) in [5.41, 5.74) is 1.01. The van der Waals surface area contributed by atoms with Crippen molar-refractivity contribution >= 4 is 27.9 Å². The topological polar surface area (TPSA) is 114 Å². The van der Waals surface area contributed by atoms with E-state index >= 15 is 0 Å². The Balaban J connectivity index is 2.29. The van der Waals surface area contributed by atoms with Crippen LogP contribution in [0.5, 0.6) is 5.75 Å². The van der Waals surface area contributed by atoms with Gasteiger partial charge in [-0.15, -0.1) is 5.10 Å². The van der Waals surface area contributed by atoms with Gasteiger partial charge in [-0.25, -0.2) is 9.59 Å². The van der Waals surface area contributed by atoms with Crippen LogP contribution >= 0.6 is 15.9 Å². The van der Waals surface area contributed by atoms with E-state index in [-0.39, 0.29) is 12.3 Å². The maximum absolute atomic E-state index is 11.8. The predicted octanol–water partition coefficient (Wildman–Crippen LogP) is 2.26. The number of esters is 1.